The number of fused-ring (bicyclic) bond motifs is 1. The molecule has 112 valence electrons. The van der Waals surface area contributed by atoms with E-state index in [-0.39, 0.29) is 16.7 Å². The Kier molecular flexibility index (Phi) is 4.08. The fourth-order valence-electron chi connectivity index (χ4n) is 1.78. The Morgan fingerprint density at radius 1 is 0.909 bits per heavy atom. The summed E-state index contributed by atoms with van der Waals surface area (Å²) in [5.74, 6) is -2.69. The summed E-state index contributed by atoms with van der Waals surface area (Å²) in [5.41, 5.74) is 12.3. The number of rotatable bonds is 1. The number of anilines is 2. The van der Waals surface area contributed by atoms with Crippen molar-refractivity contribution in [2.45, 2.75) is 0 Å². The van der Waals surface area contributed by atoms with Gasteiger partial charge < -0.3 is 21.3 Å². The maximum Gasteiger partial charge on any atom is 0.346 e. The Labute approximate surface area is 125 Å². The Bertz CT molecular complexity index is 753. The summed E-state index contributed by atoms with van der Waals surface area (Å²) >= 11 is 0. The summed E-state index contributed by atoms with van der Waals surface area (Å²) < 4.78 is 4.30. The summed E-state index contributed by atoms with van der Waals surface area (Å²) in [6.45, 7) is 0. The number of carboxylic acid groups (broad SMARTS) is 1. The molecule has 0 amide bonds. The topological polar surface area (TPSA) is 133 Å². The van der Waals surface area contributed by atoms with E-state index in [4.69, 9.17) is 16.6 Å². The number of hydrogen-bond acceptors (Lipinski definition) is 6. The molecule has 1 aliphatic heterocycles. The lowest BCUT2D eigenvalue weighted by Crippen LogP contribution is -2.00. The summed E-state index contributed by atoms with van der Waals surface area (Å²) in [6, 6.07) is 10.8. The Hall–Kier alpha value is -3.35. The van der Waals surface area contributed by atoms with Crippen molar-refractivity contribution < 1.29 is 24.2 Å². The van der Waals surface area contributed by atoms with E-state index in [9.17, 15) is 14.4 Å². The highest BCUT2D eigenvalue weighted by Crippen LogP contribution is 2.20. The van der Waals surface area contributed by atoms with E-state index in [2.05, 4.69) is 4.74 Å². The van der Waals surface area contributed by atoms with Gasteiger partial charge in [0.2, 0.25) is 0 Å². The molecule has 0 unspecified atom stereocenters. The van der Waals surface area contributed by atoms with Crippen LogP contribution in [0.4, 0.5) is 11.4 Å². The monoisotopic (exact) mass is 300 g/mol. The molecule has 22 heavy (non-hydrogen) atoms. The van der Waals surface area contributed by atoms with Crippen LogP contribution in [0.25, 0.3) is 0 Å². The number of nitrogens with two attached hydrogens (primary N) is 2. The quantitative estimate of drug-likeness (QED) is 0.413. The molecule has 0 aliphatic carbocycles. The number of carboxylic acids is 1. The predicted octanol–water partition coefficient (Wildman–Crippen LogP) is 1.55. The molecule has 1 aliphatic rings. The Morgan fingerprint density at radius 3 is 2.00 bits per heavy atom. The van der Waals surface area contributed by atoms with E-state index in [0.717, 1.165) is 6.07 Å². The first-order valence-electron chi connectivity index (χ1n) is 6.13. The minimum absolute atomic E-state index is 0.00917. The molecule has 7 heteroatoms. The van der Waals surface area contributed by atoms with Crippen LogP contribution in [-0.2, 0) is 4.74 Å². The lowest BCUT2D eigenvalue weighted by molar-refractivity contribution is 0.0443. The molecule has 2 aromatic rings. The lowest BCUT2D eigenvalue weighted by Gasteiger charge is -1.94. The van der Waals surface area contributed by atoms with E-state index in [1.165, 1.54) is 12.1 Å². The molecular formula is C15H12N2O5. The van der Waals surface area contributed by atoms with Crippen LogP contribution in [-0.4, -0.2) is 23.0 Å². The van der Waals surface area contributed by atoms with Crippen LogP contribution >= 0.6 is 0 Å². The van der Waals surface area contributed by atoms with Crippen LogP contribution in [0.3, 0.4) is 0 Å². The van der Waals surface area contributed by atoms with Gasteiger partial charge in [0, 0.05) is 11.4 Å². The molecule has 3 rings (SSSR count). The number of carbonyl (C=O) groups is 3. The largest absolute Gasteiger partial charge is 0.478 e. The molecule has 1 heterocycles. The van der Waals surface area contributed by atoms with Crippen molar-refractivity contribution in [3.05, 3.63) is 59.2 Å². The van der Waals surface area contributed by atoms with Crippen molar-refractivity contribution in [2.75, 3.05) is 11.5 Å². The number of hydrogen-bond donors (Lipinski definition) is 3. The van der Waals surface area contributed by atoms with Gasteiger partial charge in [0.15, 0.2) is 0 Å². The highest BCUT2D eigenvalue weighted by atomic mass is 16.6. The Morgan fingerprint density at radius 2 is 1.50 bits per heavy atom. The van der Waals surface area contributed by atoms with Crippen molar-refractivity contribution in [1.29, 1.82) is 0 Å². The minimum Gasteiger partial charge on any atom is -0.478 e. The van der Waals surface area contributed by atoms with Crippen molar-refractivity contribution >= 4 is 29.3 Å². The van der Waals surface area contributed by atoms with Gasteiger partial charge in [-0.25, -0.2) is 14.4 Å². The molecule has 0 saturated carbocycles. The number of nitrogen functional groups attached to an aromatic ring is 2. The van der Waals surface area contributed by atoms with Gasteiger partial charge in [-0.2, -0.15) is 0 Å². The summed E-state index contributed by atoms with van der Waals surface area (Å²) in [5, 5.41) is 8.63. The predicted molar refractivity (Wildman–Crippen MR) is 78.4 cm³/mol. The molecule has 5 N–H and O–H groups in total. The molecular weight excluding hydrogens is 288 g/mol. The number of carbonyl (C=O) groups excluding carboxylic acids is 2. The second-order valence-electron chi connectivity index (χ2n) is 4.41. The molecule has 2 aromatic carbocycles. The highest BCUT2D eigenvalue weighted by molar-refractivity contribution is 6.15. The third kappa shape index (κ3) is 3.21. The van der Waals surface area contributed by atoms with Crippen molar-refractivity contribution in [3.63, 3.8) is 0 Å². The van der Waals surface area contributed by atoms with Crippen molar-refractivity contribution in [2.24, 2.45) is 0 Å². The first-order valence-corrected chi connectivity index (χ1v) is 6.13. The van der Waals surface area contributed by atoms with E-state index in [0.29, 0.717) is 11.4 Å². The summed E-state index contributed by atoms with van der Waals surface area (Å²) in [6.07, 6.45) is 0. The number of cyclic esters (lactones) is 2. The van der Waals surface area contributed by atoms with E-state index in [1.54, 1.807) is 18.2 Å². The van der Waals surface area contributed by atoms with Gasteiger partial charge in [0.05, 0.1) is 16.7 Å². The molecule has 0 atom stereocenters. The molecule has 0 saturated heterocycles. The lowest BCUT2D eigenvalue weighted by atomic mass is 10.1. The first kappa shape index (κ1) is 15.0. The van der Waals surface area contributed by atoms with Gasteiger partial charge in [-0.05, 0) is 36.4 Å². The summed E-state index contributed by atoms with van der Waals surface area (Å²) in [4.78, 5) is 32.5. The molecule has 0 bridgehead atoms. The van der Waals surface area contributed by atoms with E-state index >= 15 is 0 Å². The van der Waals surface area contributed by atoms with Crippen LogP contribution in [0, 0.1) is 0 Å². The second kappa shape index (κ2) is 5.96. The van der Waals surface area contributed by atoms with Gasteiger partial charge in [0.25, 0.3) is 0 Å². The van der Waals surface area contributed by atoms with Crippen LogP contribution < -0.4 is 11.5 Å². The summed E-state index contributed by atoms with van der Waals surface area (Å²) in [7, 11) is 0. The second-order valence-corrected chi connectivity index (χ2v) is 4.41. The normalized spacial score (nSPS) is 12.0. The third-order valence-electron chi connectivity index (χ3n) is 2.80. The SMILES string of the molecule is Nc1cccc(N)c1.O=C(O)c1ccc2c(c1)C(=O)OC2=O. The van der Waals surface area contributed by atoms with Gasteiger partial charge in [-0.3, -0.25) is 0 Å². The van der Waals surface area contributed by atoms with Gasteiger partial charge >= 0.3 is 17.9 Å². The van der Waals surface area contributed by atoms with Crippen LogP contribution in [0.1, 0.15) is 31.1 Å². The first-order chi connectivity index (χ1) is 10.4. The van der Waals surface area contributed by atoms with Crippen LogP contribution in [0.2, 0.25) is 0 Å². The third-order valence-corrected chi connectivity index (χ3v) is 2.80. The minimum atomic E-state index is -1.15. The van der Waals surface area contributed by atoms with Gasteiger partial charge in [0.1, 0.15) is 0 Å². The molecule has 0 spiro atoms. The maximum atomic E-state index is 11.0. The van der Waals surface area contributed by atoms with E-state index in [1.807, 2.05) is 6.07 Å². The number of benzene rings is 2. The number of ether oxygens (including phenoxy) is 1. The van der Waals surface area contributed by atoms with Gasteiger partial charge in [-0.15, -0.1) is 0 Å². The number of esters is 2. The smallest absolute Gasteiger partial charge is 0.346 e. The average molecular weight is 300 g/mol. The zero-order chi connectivity index (χ0) is 16.3. The Balaban J connectivity index is 0.000000188. The fraction of sp³-hybridized carbons (Fsp3) is 0. The van der Waals surface area contributed by atoms with Crippen LogP contribution in [0.5, 0.6) is 0 Å². The molecule has 0 fully saturated rings. The molecule has 7 nitrogen and oxygen atoms in total. The molecule has 0 aromatic heterocycles. The standard InChI is InChI=1S/C9H4O5.C6H8N2/c10-7(11)4-1-2-5-6(3-4)9(13)14-8(5)12;7-5-2-1-3-6(8)4-5/h1-3H,(H,10,11);1-4H,7-8H2. The van der Waals surface area contributed by atoms with Gasteiger partial charge in [-0.1, -0.05) is 6.07 Å². The maximum absolute atomic E-state index is 11.0. The molecule has 0 radical (unpaired) electrons. The van der Waals surface area contributed by atoms with Crippen molar-refractivity contribution in [3.8, 4) is 0 Å². The van der Waals surface area contributed by atoms with Crippen LogP contribution in [0.15, 0.2) is 42.5 Å². The zero-order valence-electron chi connectivity index (χ0n) is 11.3. The highest BCUT2D eigenvalue weighted by Gasteiger charge is 2.30. The average Bonchev–Trinajstić information content (AvgIpc) is 2.74. The fourth-order valence-corrected chi connectivity index (χ4v) is 1.78. The number of aromatic carboxylic acids is 1. The zero-order valence-corrected chi connectivity index (χ0v) is 11.3. The van der Waals surface area contributed by atoms with E-state index < -0.39 is 17.9 Å². The van der Waals surface area contributed by atoms with Crippen molar-refractivity contribution in [1.82, 2.24) is 0 Å².